The van der Waals surface area contributed by atoms with Crippen molar-refractivity contribution in [2.75, 3.05) is 54.2 Å². The smallest absolute Gasteiger partial charge is 0.231 e. The molecule has 2 fully saturated rings. The number of nitrogens with zero attached hydrogens (tertiary/aromatic N) is 1. The molecular formula is C14H25NO5. The average Bonchev–Trinajstić information content (AvgIpc) is 2.91. The second-order valence-corrected chi connectivity index (χ2v) is 5.58. The van der Waals surface area contributed by atoms with Crippen LogP contribution in [0.25, 0.3) is 0 Å². The van der Waals surface area contributed by atoms with Gasteiger partial charge in [0, 0.05) is 47.6 Å². The zero-order chi connectivity index (χ0) is 14.6. The Hall–Kier alpha value is -0.690. The number of methoxy groups -OCH3 is 3. The van der Waals surface area contributed by atoms with Crippen LogP contribution >= 0.6 is 0 Å². The fraction of sp³-hybridized carbons (Fsp3) is 0.929. The van der Waals surface area contributed by atoms with Crippen molar-refractivity contribution in [3.63, 3.8) is 0 Å². The van der Waals surface area contributed by atoms with Gasteiger partial charge in [0.05, 0.1) is 12.0 Å². The molecule has 1 amide bonds. The Kier molecular flexibility index (Phi) is 5.37. The minimum absolute atomic E-state index is 0.0524. The average molecular weight is 287 g/mol. The minimum atomic E-state index is -0.450. The summed E-state index contributed by atoms with van der Waals surface area (Å²) in [6.07, 6.45) is 1.32. The van der Waals surface area contributed by atoms with Gasteiger partial charge >= 0.3 is 0 Å². The van der Waals surface area contributed by atoms with Gasteiger partial charge in [-0.2, -0.15) is 0 Å². The first kappa shape index (κ1) is 15.7. The molecule has 0 aromatic heterocycles. The number of carbonyl (C=O) groups excluding carboxylic acids is 1. The monoisotopic (exact) mass is 287 g/mol. The summed E-state index contributed by atoms with van der Waals surface area (Å²) in [5, 5.41) is 0. The number of likely N-dealkylation sites (tertiary alicyclic amines) is 1. The van der Waals surface area contributed by atoms with Crippen LogP contribution in [0.1, 0.15) is 12.8 Å². The lowest BCUT2D eigenvalue weighted by molar-refractivity contribution is -0.152. The van der Waals surface area contributed by atoms with Crippen LogP contribution < -0.4 is 0 Å². The van der Waals surface area contributed by atoms with Crippen molar-refractivity contribution < 1.29 is 23.7 Å². The van der Waals surface area contributed by atoms with Crippen LogP contribution in [-0.4, -0.2) is 77.3 Å². The molecule has 0 unspecified atom stereocenters. The Morgan fingerprint density at radius 1 is 1.15 bits per heavy atom. The molecule has 0 N–H and O–H groups in total. The quantitative estimate of drug-likeness (QED) is 0.728. The highest BCUT2D eigenvalue weighted by molar-refractivity contribution is 5.83. The van der Waals surface area contributed by atoms with Crippen molar-refractivity contribution >= 4 is 5.91 Å². The highest BCUT2D eigenvalue weighted by atomic mass is 16.5. The Labute approximate surface area is 120 Å². The number of hydrogen-bond donors (Lipinski definition) is 0. The molecule has 0 bridgehead atoms. The second-order valence-electron chi connectivity index (χ2n) is 5.58. The Bertz CT molecular complexity index is 312. The van der Waals surface area contributed by atoms with E-state index in [1.165, 1.54) is 0 Å². The third-order valence-corrected chi connectivity index (χ3v) is 4.43. The maximum absolute atomic E-state index is 12.9. The molecule has 0 radical (unpaired) electrons. The topological polar surface area (TPSA) is 57.2 Å². The van der Waals surface area contributed by atoms with Crippen molar-refractivity contribution in [3.8, 4) is 0 Å². The summed E-state index contributed by atoms with van der Waals surface area (Å²) in [4.78, 5) is 14.8. The minimum Gasteiger partial charge on any atom is -0.384 e. The zero-order valence-corrected chi connectivity index (χ0v) is 12.6. The lowest BCUT2D eigenvalue weighted by Gasteiger charge is -2.38. The molecule has 0 aromatic carbocycles. The second kappa shape index (κ2) is 6.85. The standard InChI is InChI=1S/C14H25NO5/c1-17-10-14(4-6-20-7-5-14)13(16)15-8-11(18-2)12(9-15)19-3/h11-12H,4-10H2,1-3H3/t11-,12+. The molecule has 2 atom stereocenters. The lowest BCUT2D eigenvalue weighted by Crippen LogP contribution is -2.49. The van der Waals surface area contributed by atoms with Crippen molar-refractivity contribution in [1.29, 1.82) is 0 Å². The van der Waals surface area contributed by atoms with Gasteiger partial charge in [0.1, 0.15) is 12.2 Å². The fourth-order valence-electron chi connectivity index (χ4n) is 3.16. The van der Waals surface area contributed by atoms with E-state index >= 15 is 0 Å². The number of hydrogen-bond acceptors (Lipinski definition) is 5. The van der Waals surface area contributed by atoms with Crippen molar-refractivity contribution in [2.45, 2.75) is 25.0 Å². The Balaban J connectivity index is 2.08. The van der Waals surface area contributed by atoms with Crippen LogP contribution in [0.4, 0.5) is 0 Å². The SMILES string of the molecule is COCC1(C(=O)N2C[C@H](OC)[C@H](OC)C2)CCOCC1. The van der Waals surface area contributed by atoms with Crippen LogP contribution in [-0.2, 0) is 23.7 Å². The van der Waals surface area contributed by atoms with E-state index in [0.29, 0.717) is 45.8 Å². The normalized spacial score (nSPS) is 29.6. The van der Waals surface area contributed by atoms with Gasteiger partial charge in [0.25, 0.3) is 0 Å². The molecular weight excluding hydrogens is 262 g/mol. The first-order valence-corrected chi connectivity index (χ1v) is 7.08. The molecule has 2 heterocycles. The van der Waals surface area contributed by atoms with Crippen LogP contribution in [0, 0.1) is 5.41 Å². The van der Waals surface area contributed by atoms with Gasteiger partial charge < -0.3 is 23.8 Å². The lowest BCUT2D eigenvalue weighted by atomic mass is 9.79. The maximum Gasteiger partial charge on any atom is 0.231 e. The molecule has 2 aliphatic rings. The van der Waals surface area contributed by atoms with Crippen molar-refractivity contribution in [1.82, 2.24) is 4.90 Å². The van der Waals surface area contributed by atoms with Gasteiger partial charge in [-0.1, -0.05) is 0 Å². The summed E-state index contributed by atoms with van der Waals surface area (Å²) >= 11 is 0. The molecule has 6 nitrogen and oxygen atoms in total. The third kappa shape index (κ3) is 2.98. The molecule has 2 aliphatic heterocycles. The molecule has 0 aliphatic carbocycles. The van der Waals surface area contributed by atoms with Crippen molar-refractivity contribution in [3.05, 3.63) is 0 Å². The van der Waals surface area contributed by atoms with Crippen molar-refractivity contribution in [2.24, 2.45) is 5.41 Å². The zero-order valence-electron chi connectivity index (χ0n) is 12.6. The summed E-state index contributed by atoms with van der Waals surface area (Å²) in [5.74, 6) is 0.143. The van der Waals surface area contributed by atoms with E-state index in [4.69, 9.17) is 18.9 Å². The molecule has 2 rings (SSSR count). The molecule has 20 heavy (non-hydrogen) atoms. The summed E-state index contributed by atoms with van der Waals surface area (Å²) in [5.41, 5.74) is -0.450. The van der Waals surface area contributed by atoms with Gasteiger partial charge in [0.15, 0.2) is 0 Å². The molecule has 0 spiro atoms. The number of ether oxygens (including phenoxy) is 4. The summed E-state index contributed by atoms with van der Waals surface area (Å²) in [6, 6.07) is 0. The summed E-state index contributed by atoms with van der Waals surface area (Å²) in [7, 11) is 4.96. The largest absolute Gasteiger partial charge is 0.384 e. The van der Waals surface area contributed by atoms with E-state index in [0.717, 1.165) is 0 Å². The predicted octanol–water partition coefficient (Wildman–Crippen LogP) is 0.302. The highest BCUT2D eigenvalue weighted by Crippen LogP contribution is 2.34. The molecule has 0 aromatic rings. The van der Waals surface area contributed by atoms with Crippen LogP contribution in [0.15, 0.2) is 0 Å². The molecule has 6 heteroatoms. The van der Waals surface area contributed by atoms with E-state index in [9.17, 15) is 4.79 Å². The Morgan fingerprint density at radius 3 is 2.15 bits per heavy atom. The Morgan fingerprint density at radius 2 is 1.70 bits per heavy atom. The third-order valence-electron chi connectivity index (χ3n) is 4.43. The van der Waals surface area contributed by atoms with Gasteiger partial charge in [-0.25, -0.2) is 0 Å². The van der Waals surface area contributed by atoms with E-state index in [1.54, 1.807) is 21.3 Å². The number of carbonyl (C=O) groups is 1. The van der Waals surface area contributed by atoms with Gasteiger partial charge in [-0.05, 0) is 12.8 Å². The molecule has 2 saturated heterocycles. The van der Waals surface area contributed by atoms with Crippen LogP contribution in [0.5, 0.6) is 0 Å². The number of amides is 1. The van der Waals surface area contributed by atoms with Gasteiger partial charge in [-0.3, -0.25) is 4.79 Å². The van der Waals surface area contributed by atoms with E-state index in [2.05, 4.69) is 0 Å². The van der Waals surface area contributed by atoms with E-state index in [-0.39, 0.29) is 18.1 Å². The number of rotatable bonds is 5. The van der Waals surface area contributed by atoms with E-state index in [1.807, 2.05) is 4.90 Å². The van der Waals surface area contributed by atoms with Gasteiger partial charge in [-0.15, -0.1) is 0 Å². The molecule has 0 saturated carbocycles. The first-order chi connectivity index (χ1) is 9.66. The maximum atomic E-state index is 12.9. The van der Waals surface area contributed by atoms with Gasteiger partial charge in [0.2, 0.25) is 5.91 Å². The molecule has 116 valence electrons. The first-order valence-electron chi connectivity index (χ1n) is 7.08. The van der Waals surface area contributed by atoms with Crippen LogP contribution in [0.3, 0.4) is 0 Å². The summed E-state index contributed by atoms with van der Waals surface area (Å²) in [6.45, 7) is 2.84. The van der Waals surface area contributed by atoms with Crippen LogP contribution in [0.2, 0.25) is 0 Å². The highest BCUT2D eigenvalue weighted by Gasteiger charge is 2.46. The summed E-state index contributed by atoms with van der Waals surface area (Å²) < 4.78 is 21.5. The van der Waals surface area contributed by atoms with E-state index < -0.39 is 5.41 Å². The predicted molar refractivity (Wildman–Crippen MR) is 72.5 cm³/mol. The fourth-order valence-corrected chi connectivity index (χ4v) is 3.16.